The maximum atomic E-state index is 12.4. The van der Waals surface area contributed by atoms with E-state index in [-0.39, 0.29) is 5.91 Å². The lowest BCUT2D eigenvalue weighted by Gasteiger charge is -2.14. The number of fused-ring (bicyclic) bond motifs is 1. The lowest BCUT2D eigenvalue weighted by atomic mass is 9.94. The van der Waals surface area contributed by atoms with Gasteiger partial charge in [0.05, 0.1) is 19.3 Å². The van der Waals surface area contributed by atoms with Crippen molar-refractivity contribution < 1.29 is 9.53 Å². The second-order valence-corrected chi connectivity index (χ2v) is 6.93. The van der Waals surface area contributed by atoms with Crippen LogP contribution in [-0.2, 0) is 19.4 Å². The van der Waals surface area contributed by atoms with Gasteiger partial charge >= 0.3 is 0 Å². The van der Waals surface area contributed by atoms with Crippen LogP contribution in [0.15, 0.2) is 48.8 Å². The van der Waals surface area contributed by atoms with E-state index < -0.39 is 0 Å². The van der Waals surface area contributed by atoms with Gasteiger partial charge in [-0.3, -0.25) is 14.5 Å². The number of nitrogens with zero attached hydrogens (tertiary/aromatic N) is 3. The highest BCUT2D eigenvalue weighted by molar-refractivity contribution is 5.94. The number of carbonyl (C=O) groups is 1. The predicted molar refractivity (Wildman–Crippen MR) is 107 cm³/mol. The fourth-order valence-corrected chi connectivity index (χ4v) is 3.74. The first-order valence-corrected chi connectivity index (χ1v) is 9.67. The molecule has 0 radical (unpaired) electrons. The number of pyridine rings is 1. The molecule has 0 fully saturated rings. The first-order valence-electron chi connectivity index (χ1n) is 9.67. The Bertz CT molecular complexity index is 966. The van der Waals surface area contributed by atoms with Crippen molar-refractivity contribution in [3.05, 3.63) is 65.6 Å². The third-order valence-electron chi connectivity index (χ3n) is 5.15. The van der Waals surface area contributed by atoms with E-state index in [9.17, 15) is 4.79 Å². The topological polar surface area (TPSA) is 69.0 Å². The Balaban J connectivity index is 1.48. The lowest BCUT2D eigenvalue weighted by molar-refractivity contribution is 0.0951. The number of carbonyl (C=O) groups excluding carboxylic acids is 1. The van der Waals surface area contributed by atoms with Gasteiger partial charge in [-0.05, 0) is 56.0 Å². The van der Waals surface area contributed by atoms with E-state index in [1.165, 1.54) is 24.1 Å². The number of methoxy groups -OCH3 is 1. The first-order chi connectivity index (χ1) is 13.8. The van der Waals surface area contributed by atoms with Crippen molar-refractivity contribution in [3.8, 4) is 17.0 Å². The number of amides is 1. The van der Waals surface area contributed by atoms with Gasteiger partial charge in [0.2, 0.25) is 0 Å². The smallest absolute Gasteiger partial charge is 0.251 e. The number of nitrogens with one attached hydrogen (secondary N) is 1. The fourth-order valence-electron chi connectivity index (χ4n) is 3.74. The summed E-state index contributed by atoms with van der Waals surface area (Å²) >= 11 is 0. The van der Waals surface area contributed by atoms with Crippen molar-refractivity contribution in [2.75, 3.05) is 13.7 Å². The van der Waals surface area contributed by atoms with Crippen LogP contribution < -0.4 is 10.1 Å². The molecule has 2 aromatic heterocycles. The molecule has 1 aliphatic carbocycles. The summed E-state index contributed by atoms with van der Waals surface area (Å²) in [6, 6.07) is 11.2. The minimum atomic E-state index is -0.103. The van der Waals surface area contributed by atoms with Crippen LogP contribution in [0.25, 0.3) is 11.3 Å². The van der Waals surface area contributed by atoms with E-state index in [2.05, 4.69) is 15.0 Å². The number of aromatic nitrogens is 3. The SMILES string of the molecule is COc1cccc(C(=O)NCCn2nc(-c3ccncc3)c3c2CCCC3)c1. The van der Waals surface area contributed by atoms with Crippen molar-refractivity contribution >= 4 is 5.91 Å². The molecule has 0 bridgehead atoms. The molecule has 144 valence electrons. The fraction of sp³-hybridized carbons (Fsp3) is 0.318. The van der Waals surface area contributed by atoms with Crippen molar-refractivity contribution in [2.24, 2.45) is 0 Å². The molecule has 1 amide bonds. The van der Waals surface area contributed by atoms with Crippen molar-refractivity contribution in [2.45, 2.75) is 32.2 Å². The van der Waals surface area contributed by atoms with Gasteiger partial charge in [-0.1, -0.05) is 6.07 Å². The van der Waals surface area contributed by atoms with Gasteiger partial charge in [0, 0.05) is 41.3 Å². The second kappa shape index (κ2) is 8.25. The molecule has 0 atom stereocenters. The minimum absolute atomic E-state index is 0.103. The van der Waals surface area contributed by atoms with Crippen LogP contribution in [0.2, 0.25) is 0 Å². The Labute approximate surface area is 164 Å². The summed E-state index contributed by atoms with van der Waals surface area (Å²) < 4.78 is 7.25. The van der Waals surface area contributed by atoms with Gasteiger partial charge in [0.25, 0.3) is 5.91 Å². The molecule has 1 aliphatic rings. The zero-order valence-corrected chi connectivity index (χ0v) is 16.0. The molecule has 1 N–H and O–H groups in total. The Hall–Kier alpha value is -3.15. The number of hydrogen-bond donors (Lipinski definition) is 1. The van der Waals surface area contributed by atoms with Crippen molar-refractivity contribution in [1.29, 1.82) is 0 Å². The number of hydrogen-bond acceptors (Lipinski definition) is 4. The van der Waals surface area contributed by atoms with Gasteiger partial charge in [-0.15, -0.1) is 0 Å². The summed E-state index contributed by atoms with van der Waals surface area (Å²) in [5.41, 5.74) is 5.40. The Morgan fingerprint density at radius 3 is 2.82 bits per heavy atom. The third-order valence-corrected chi connectivity index (χ3v) is 5.15. The quantitative estimate of drug-likeness (QED) is 0.717. The molecule has 2 heterocycles. The predicted octanol–water partition coefficient (Wildman–Crippen LogP) is 3.26. The van der Waals surface area contributed by atoms with Crippen LogP contribution in [0, 0.1) is 0 Å². The van der Waals surface area contributed by atoms with E-state index in [1.54, 1.807) is 31.6 Å². The molecule has 0 unspecified atom stereocenters. The molecule has 4 rings (SSSR count). The number of rotatable bonds is 6. The van der Waals surface area contributed by atoms with E-state index in [4.69, 9.17) is 9.84 Å². The van der Waals surface area contributed by atoms with Crippen LogP contribution in [-0.4, -0.2) is 34.3 Å². The molecule has 0 saturated carbocycles. The van der Waals surface area contributed by atoms with E-state index in [0.717, 1.165) is 24.1 Å². The van der Waals surface area contributed by atoms with E-state index in [1.807, 2.05) is 24.3 Å². The minimum Gasteiger partial charge on any atom is -0.497 e. The largest absolute Gasteiger partial charge is 0.497 e. The van der Waals surface area contributed by atoms with Gasteiger partial charge in [0.15, 0.2) is 0 Å². The first kappa shape index (κ1) is 18.2. The standard InChI is InChI=1S/C22H24N4O2/c1-28-18-6-4-5-17(15-18)22(27)24-13-14-26-20-8-3-2-7-19(20)21(25-26)16-9-11-23-12-10-16/h4-6,9-12,15H,2-3,7-8,13-14H2,1H3,(H,24,27). The maximum Gasteiger partial charge on any atom is 0.251 e. The Morgan fingerprint density at radius 1 is 1.18 bits per heavy atom. The Kier molecular flexibility index (Phi) is 5.37. The van der Waals surface area contributed by atoms with Crippen LogP contribution >= 0.6 is 0 Å². The summed E-state index contributed by atoms with van der Waals surface area (Å²) in [6.45, 7) is 1.18. The molecule has 6 heteroatoms. The molecule has 1 aromatic carbocycles. The van der Waals surface area contributed by atoms with Crippen molar-refractivity contribution in [1.82, 2.24) is 20.1 Å². The highest BCUT2D eigenvalue weighted by atomic mass is 16.5. The number of ether oxygens (including phenoxy) is 1. The van der Waals surface area contributed by atoms with Gasteiger partial charge in [-0.25, -0.2) is 0 Å². The van der Waals surface area contributed by atoms with Crippen LogP contribution in [0.3, 0.4) is 0 Å². The molecule has 0 aliphatic heterocycles. The molecule has 0 spiro atoms. The monoisotopic (exact) mass is 376 g/mol. The van der Waals surface area contributed by atoms with Gasteiger partial charge < -0.3 is 10.1 Å². The average molecular weight is 376 g/mol. The van der Waals surface area contributed by atoms with E-state index >= 15 is 0 Å². The normalized spacial score (nSPS) is 13.0. The molecule has 3 aromatic rings. The lowest BCUT2D eigenvalue weighted by Crippen LogP contribution is -2.28. The highest BCUT2D eigenvalue weighted by Crippen LogP contribution is 2.30. The summed E-state index contributed by atoms with van der Waals surface area (Å²) in [5, 5.41) is 7.87. The zero-order valence-electron chi connectivity index (χ0n) is 16.0. The summed E-state index contributed by atoms with van der Waals surface area (Å²) in [4.78, 5) is 16.5. The maximum absolute atomic E-state index is 12.4. The molecule has 28 heavy (non-hydrogen) atoms. The molecular weight excluding hydrogens is 352 g/mol. The zero-order chi connectivity index (χ0) is 19.3. The summed E-state index contributed by atoms with van der Waals surface area (Å²) in [5.74, 6) is 0.574. The van der Waals surface area contributed by atoms with Crippen LogP contribution in [0.5, 0.6) is 5.75 Å². The molecule has 0 saturated heterocycles. The summed E-state index contributed by atoms with van der Waals surface area (Å²) in [7, 11) is 1.60. The number of benzene rings is 1. The summed E-state index contributed by atoms with van der Waals surface area (Å²) in [6.07, 6.45) is 8.09. The Morgan fingerprint density at radius 2 is 2.00 bits per heavy atom. The van der Waals surface area contributed by atoms with Crippen molar-refractivity contribution in [3.63, 3.8) is 0 Å². The van der Waals surface area contributed by atoms with E-state index in [0.29, 0.717) is 24.4 Å². The second-order valence-electron chi connectivity index (χ2n) is 6.93. The van der Waals surface area contributed by atoms with Crippen LogP contribution in [0.4, 0.5) is 0 Å². The highest BCUT2D eigenvalue weighted by Gasteiger charge is 2.21. The molecular formula is C22H24N4O2. The third kappa shape index (κ3) is 3.76. The van der Waals surface area contributed by atoms with Gasteiger partial charge in [0.1, 0.15) is 5.75 Å². The molecule has 6 nitrogen and oxygen atoms in total. The average Bonchev–Trinajstić information content (AvgIpc) is 3.13. The van der Waals surface area contributed by atoms with Gasteiger partial charge in [-0.2, -0.15) is 5.10 Å². The van der Waals surface area contributed by atoms with Crippen LogP contribution in [0.1, 0.15) is 34.5 Å².